The Bertz CT molecular complexity index is 477. The van der Waals surface area contributed by atoms with Gasteiger partial charge in [-0.2, -0.15) is 0 Å². The summed E-state index contributed by atoms with van der Waals surface area (Å²) in [5.74, 6) is 0.547. The van der Waals surface area contributed by atoms with Crippen molar-refractivity contribution in [3.63, 3.8) is 0 Å². The van der Waals surface area contributed by atoms with Gasteiger partial charge >= 0.3 is 0 Å². The summed E-state index contributed by atoms with van der Waals surface area (Å²) in [5, 5.41) is 0. The number of halogens is 1. The molecule has 0 N–H and O–H groups in total. The molecule has 0 aliphatic carbocycles. The lowest BCUT2D eigenvalue weighted by molar-refractivity contribution is 1.30. The van der Waals surface area contributed by atoms with Crippen LogP contribution < -0.4 is 0 Å². The van der Waals surface area contributed by atoms with Crippen LogP contribution in [0.25, 0.3) is 12.2 Å². The first-order chi connectivity index (χ1) is 7.88. The number of aromatic nitrogens is 1. The van der Waals surface area contributed by atoms with Gasteiger partial charge in [0.2, 0.25) is 0 Å². The molecule has 1 nitrogen and oxygen atoms in total. The molecule has 2 heteroatoms. The van der Waals surface area contributed by atoms with E-state index < -0.39 is 0 Å². The Labute approximate surface area is 100 Å². The van der Waals surface area contributed by atoms with Crippen LogP contribution in [0.2, 0.25) is 0 Å². The molecule has 0 unspecified atom stereocenters. The summed E-state index contributed by atoms with van der Waals surface area (Å²) in [4.78, 5) is 4.22. The number of rotatable bonds is 3. The van der Waals surface area contributed by atoms with Crippen molar-refractivity contribution in [2.24, 2.45) is 0 Å². The van der Waals surface area contributed by atoms with Gasteiger partial charge in [-0.3, -0.25) is 4.98 Å². The van der Waals surface area contributed by atoms with Gasteiger partial charge in [0.25, 0.3) is 0 Å². The van der Waals surface area contributed by atoms with Crippen LogP contribution in [0.4, 0.5) is 0 Å². The van der Waals surface area contributed by atoms with E-state index in [4.69, 9.17) is 11.6 Å². The highest BCUT2D eigenvalue weighted by atomic mass is 35.5. The van der Waals surface area contributed by atoms with Gasteiger partial charge in [-0.05, 0) is 29.3 Å². The fourth-order valence-corrected chi connectivity index (χ4v) is 1.60. The molecule has 0 radical (unpaired) electrons. The van der Waals surface area contributed by atoms with Crippen molar-refractivity contribution in [3.05, 3.63) is 65.5 Å². The number of hydrogen-bond donors (Lipinski definition) is 0. The summed E-state index contributed by atoms with van der Waals surface area (Å²) in [6.07, 6.45) is 5.82. The summed E-state index contributed by atoms with van der Waals surface area (Å²) in [6.45, 7) is 0. The van der Waals surface area contributed by atoms with Crippen molar-refractivity contribution in [3.8, 4) is 0 Å². The van der Waals surface area contributed by atoms with Crippen molar-refractivity contribution in [2.45, 2.75) is 5.88 Å². The molecular formula is C14H12ClN. The van der Waals surface area contributed by atoms with Gasteiger partial charge in [-0.15, -0.1) is 11.6 Å². The predicted molar refractivity (Wildman–Crippen MR) is 69.2 cm³/mol. The van der Waals surface area contributed by atoms with E-state index in [1.165, 1.54) is 0 Å². The molecule has 2 rings (SSSR count). The molecule has 16 heavy (non-hydrogen) atoms. The second-order valence-electron chi connectivity index (χ2n) is 3.47. The standard InChI is InChI=1S/C14H12ClN/c15-11-13-5-3-4-12(10-13)7-8-14-6-1-2-9-16-14/h1-10H,11H2. The summed E-state index contributed by atoms with van der Waals surface area (Å²) in [6, 6.07) is 14.0. The van der Waals surface area contributed by atoms with Gasteiger partial charge in [0, 0.05) is 12.1 Å². The maximum absolute atomic E-state index is 5.78. The zero-order chi connectivity index (χ0) is 11.2. The third kappa shape index (κ3) is 2.94. The maximum Gasteiger partial charge on any atom is 0.0629 e. The highest BCUT2D eigenvalue weighted by Crippen LogP contribution is 2.10. The Morgan fingerprint density at radius 2 is 2.00 bits per heavy atom. The number of benzene rings is 1. The Balaban J connectivity index is 2.17. The minimum Gasteiger partial charge on any atom is -0.257 e. The van der Waals surface area contributed by atoms with Crippen molar-refractivity contribution in [1.82, 2.24) is 4.98 Å². The van der Waals surface area contributed by atoms with E-state index in [1.807, 2.05) is 42.5 Å². The molecule has 0 saturated carbocycles. The number of nitrogens with zero attached hydrogens (tertiary/aromatic N) is 1. The van der Waals surface area contributed by atoms with Crippen LogP contribution in [0, 0.1) is 0 Å². The highest BCUT2D eigenvalue weighted by Gasteiger charge is 1.91. The van der Waals surface area contributed by atoms with Crippen LogP contribution in [-0.2, 0) is 5.88 Å². The molecule has 0 aliphatic heterocycles. The molecule has 0 saturated heterocycles. The van der Waals surface area contributed by atoms with Gasteiger partial charge in [0.05, 0.1) is 5.69 Å². The Kier molecular flexibility index (Phi) is 3.73. The van der Waals surface area contributed by atoms with E-state index in [1.54, 1.807) is 6.20 Å². The first kappa shape index (κ1) is 10.9. The lowest BCUT2D eigenvalue weighted by Gasteiger charge is -1.97. The van der Waals surface area contributed by atoms with Gasteiger partial charge in [-0.25, -0.2) is 0 Å². The summed E-state index contributed by atoms with van der Waals surface area (Å²) < 4.78 is 0. The monoisotopic (exact) mass is 229 g/mol. The summed E-state index contributed by atoms with van der Waals surface area (Å²) in [7, 11) is 0. The lowest BCUT2D eigenvalue weighted by Crippen LogP contribution is -1.80. The van der Waals surface area contributed by atoms with E-state index in [0.29, 0.717) is 5.88 Å². The van der Waals surface area contributed by atoms with E-state index in [9.17, 15) is 0 Å². The smallest absolute Gasteiger partial charge is 0.0629 e. The molecule has 0 bridgehead atoms. The molecule has 0 fully saturated rings. The molecule has 0 aliphatic rings. The average Bonchev–Trinajstić information content (AvgIpc) is 2.38. The average molecular weight is 230 g/mol. The van der Waals surface area contributed by atoms with Crippen LogP contribution in [0.1, 0.15) is 16.8 Å². The van der Waals surface area contributed by atoms with E-state index in [2.05, 4.69) is 17.1 Å². The second-order valence-corrected chi connectivity index (χ2v) is 3.73. The zero-order valence-corrected chi connectivity index (χ0v) is 9.56. The zero-order valence-electron chi connectivity index (χ0n) is 8.81. The normalized spacial score (nSPS) is 10.8. The lowest BCUT2D eigenvalue weighted by atomic mass is 10.1. The fraction of sp³-hybridized carbons (Fsp3) is 0.0714. The third-order valence-corrected chi connectivity index (χ3v) is 2.55. The molecule has 1 aromatic heterocycles. The largest absolute Gasteiger partial charge is 0.257 e. The van der Waals surface area contributed by atoms with Crippen molar-refractivity contribution in [2.75, 3.05) is 0 Å². The summed E-state index contributed by atoms with van der Waals surface area (Å²) in [5.41, 5.74) is 3.23. The summed E-state index contributed by atoms with van der Waals surface area (Å²) >= 11 is 5.78. The van der Waals surface area contributed by atoms with Crippen molar-refractivity contribution in [1.29, 1.82) is 0 Å². The number of pyridine rings is 1. The predicted octanol–water partition coefficient (Wildman–Crippen LogP) is 3.99. The SMILES string of the molecule is ClCc1cccc(C=Cc2ccccn2)c1. The van der Waals surface area contributed by atoms with Crippen molar-refractivity contribution >= 4 is 23.8 Å². The number of hydrogen-bond acceptors (Lipinski definition) is 1. The van der Waals surface area contributed by atoms with Crippen LogP contribution in [0.15, 0.2) is 48.7 Å². The Morgan fingerprint density at radius 1 is 1.06 bits per heavy atom. The van der Waals surface area contributed by atoms with Crippen LogP contribution in [0.3, 0.4) is 0 Å². The van der Waals surface area contributed by atoms with E-state index in [0.717, 1.165) is 16.8 Å². The quantitative estimate of drug-likeness (QED) is 0.726. The third-order valence-electron chi connectivity index (χ3n) is 2.24. The fourth-order valence-electron chi connectivity index (χ4n) is 1.44. The van der Waals surface area contributed by atoms with Gasteiger partial charge < -0.3 is 0 Å². The van der Waals surface area contributed by atoms with Gasteiger partial charge in [0.1, 0.15) is 0 Å². The molecule has 80 valence electrons. The Hall–Kier alpha value is -1.60. The first-order valence-electron chi connectivity index (χ1n) is 5.12. The highest BCUT2D eigenvalue weighted by molar-refractivity contribution is 6.17. The maximum atomic E-state index is 5.78. The Morgan fingerprint density at radius 3 is 2.75 bits per heavy atom. The van der Waals surface area contributed by atoms with Crippen LogP contribution in [-0.4, -0.2) is 4.98 Å². The minimum atomic E-state index is 0.547. The van der Waals surface area contributed by atoms with Crippen LogP contribution >= 0.6 is 11.6 Å². The van der Waals surface area contributed by atoms with Gasteiger partial charge in [0.15, 0.2) is 0 Å². The molecule has 0 atom stereocenters. The van der Waals surface area contributed by atoms with Crippen LogP contribution in [0.5, 0.6) is 0 Å². The molecule has 1 heterocycles. The molecular weight excluding hydrogens is 218 g/mol. The molecule has 0 spiro atoms. The van der Waals surface area contributed by atoms with Gasteiger partial charge in [-0.1, -0.05) is 36.4 Å². The van der Waals surface area contributed by atoms with E-state index in [-0.39, 0.29) is 0 Å². The molecule has 1 aromatic carbocycles. The number of alkyl halides is 1. The van der Waals surface area contributed by atoms with E-state index >= 15 is 0 Å². The molecule has 2 aromatic rings. The topological polar surface area (TPSA) is 12.9 Å². The minimum absolute atomic E-state index is 0.547. The first-order valence-corrected chi connectivity index (χ1v) is 5.66. The molecule has 0 amide bonds. The van der Waals surface area contributed by atoms with Crippen molar-refractivity contribution < 1.29 is 0 Å². The second kappa shape index (κ2) is 5.47.